The molecule has 100 valence electrons. The van der Waals surface area contributed by atoms with Crippen LogP contribution in [0.4, 0.5) is 25.8 Å². The number of halogens is 5. The minimum atomic E-state index is -0.752. The fourth-order valence-corrected chi connectivity index (χ4v) is 2.20. The molecular weight excluding hydrogens is 361 g/mol. The number of hydrogen-bond donors (Lipinski definition) is 2. The summed E-state index contributed by atoms with van der Waals surface area (Å²) in [5, 5.41) is 3.06. The molecule has 19 heavy (non-hydrogen) atoms. The van der Waals surface area contributed by atoms with Gasteiger partial charge in [-0.05, 0) is 24.3 Å². The zero-order valence-electron chi connectivity index (χ0n) is 9.28. The van der Waals surface area contributed by atoms with E-state index in [1.165, 1.54) is 12.1 Å². The molecule has 0 unspecified atom stereocenters. The van der Waals surface area contributed by atoms with Gasteiger partial charge in [0, 0.05) is 4.47 Å². The lowest BCUT2D eigenvalue weighted by Crippen LogP contribution is -2.01. The highest BCUT2D eigenvalue weighted by atomic mass is 79.9. The molecule has 0 heterocycles. The molecule has 0 fully saturated rings. The summed E-state index contributed by atoms with van der Waals surface area (Å²) < 4.78 is 27.7. The van der Waals surface area contributed by atoms with Crippen LogP contribution in [0.2, 0.25) is 10.0 Å². The third-order valence-corrected chi connectivity index (χ3v) is 3.54. The molecule has 2 nitrogen and oxygen atoms in total. The Morgan fingerprint density at radius 1 is 1.00 bits per heavy atom. The van der Waals surface area contributed by atoms with Crippen molar-refractivity contribution < 1.29 is 8.78 Å². The summed E-state index contributed by atoms with van der Waals surface area (Å²) in [5.74, 6) is -1.50. The first-order valence-electron chi connectivity index (χ1n) is 5.04. The van der Waals surface area contributed by atoms with Crippen molar-refractivity contribution in [1.82, 2.24) is 0 Å². The molecule has 0 amide bonds. The highest BCUT2D eigenvalue weighted by molar-refractivity contribution is 9.10. The van der Waals surface area contributed by atoms with Crippen molar-refractivity contribution in [2.45, 2.75) is 0 Å². The van der Waals surface area contributed by atoms with Gasteiger partial charge in [0.15, 0.2) is 11.6 Å². The maximum Gasteiger partial charge on any atom is 0.150 e. The zero-order chi connectivity index (χ0) is 14.2. The van der Waals surface area contributed by atoms with Gasteiger partial charge in [-0.15, -0.1) is 0 Å². The number of anilines is 3. The van der Waals surface area contributed by atoms with E-state index in [-0.39, 0.29) is 27.1 Å². The maximum atomic E-state index is 13.7. The molecule has 0 aliphatic carbocycles. The Morgan fingerprint density at radius 2 is 1.53 bits per heavy atom. The second kappa shape index (κ2) is 5.53. The second-order valence-electron chi connectivity index (χ2n) is 3.72. The Labute approximate surface area is 126 Å². The Hall–Kier alpha value is -1.04. The standard InChI is InChI=1S/C12H7BrCl2F2N2/c13-5-1-8(16)12(9(17)2-5)19-11-4-7(15)6(14)3-10(11)18/h1-4,19H,18H2. The number of nitrogen functional groups attached to an aromatic ring is 1. The van der Waals surface area contributed by atoms with Gasteiger partial charge in [-0.2, -0.15) is 0 Å². The summed E-state index contributed by atoms with van der Waals surface area (Å²) in [4.78, 5) is 0. The lowest BCUT2D eigenvalue weighted by Gasteiger charge is -2.12. The molecule has 0 bridgehead atoms. The van der Waals surface area contributed by atoms with Gasteiger partial charge in [-0.1, -0.05) is 39.1 Å². The molecule has 3 N–H and O–H groups in total. The van der Waals surface area contributed by atoms with Crippen molar-refractivity contribution in [3.05, 3.63) is 50.4 Å². The van der Waals surface area contributed by atoms with Crippen LogP contribution in [0, 0.1) is 11.6 Å². The van der Waals surface area contributed by atoms with Gasteiger partial charge in [-0.3, -0.25) is 0 Å². The van der Waals surface area contributed by atoms with Crippen molar-refractivity contribution in [1.29, 1.82) is 0 Å². The highest BCUT2D eigenvalue weighted by Crippen LogP contribution is 2.34. The van der Waals surface area contributed by atoms with E-state index in [1.807, 2.05) is 0 Å². The molecule has 0 atom stereocenters. The third kappa shape index (κ3) is 3.11. The van der Waals surface area contributed by atoms with Gasteiger partial charge in [0.05, 0.1) is 21.4 Å². The van der Waals surface area contributed by atoms with E-state index in [0.29, 0.717) is 4.47 Å². The van der Waals surface area contributed by atoms with Crippen LogP contribution in [-0.2, 0) is 0 Å². The molecule has 2 aromatic rings. The van der Waals surface area contributed by atoms with Crippen LogP contribution in [0.25, 0.3) is 0 Å². The Balaban J connectivity index is 2.45. The van der Waals surface area contributed by atoms with Crippen LogP contribution in [-0.4, -0.2) is 0 Å². The molecule has 0 radical (unpaired) electrons. The average Bonchev–Trinajstić information content (AvgIpc) is 2.29. The Bertz CT molecular complexity index is 627. The summed E-state index contributed by atoms with van der Waals surface area (Å²) in [6, 6.07) is 5.08. The molecule has 7 heteroatoms. The van der Waals surface area contributed by atoms with E-state index in [1.54, 1.807) is 0 Å². The van der Waals surface area contributed by atoms with E-state index < -0.39 is 11.6 Å². The molecule has 2 aromatic carbocycles. The lowest BCUT2D eigenvalue weighted by molar-refractivity contribution is 0.589. The van der Waals surface area contributed by atoms with Gasteiger partial charge in [0.25, 0.3) is 0 Å². The van der Waals surface area contributed by atoms with Gasteiger partial charge in [-0.25, -0.2) is 8.78 Å². The van der Waals surface area contributed by atoms with E-state index in [9.17, 15) is 8.78 Å². The van der Waals surface area contributed by atoms with Crippen LogP contribution in [0.15, 0.2) is 28.7 Å². The SMILES string of the molecule is Nc1cc(Cl)c(Cl)cc1Nc1c(F)cc(Br)cc1F. The molecule has 0 aliphatic heterocycles. The van der Waals surface area contributed by atoms with Crippen LogP contribution >= 0.6 is 39.1 Å². The number of hydrogen-bond acceptors (Lipinski definition) is 2. The minimum absolute atomic E-state index is 0.233. The van der Waals surface area contributed by atoms with E-state index in [0.717, 1.165) is 12.1 Å². The lowest BCUT2D eigenvalue weighted by atomic mass is 10.2. The van der Waals surface area contributed by atoms with Crippen molar-refractivity contribution in [2.75, 3.05) is 11.1 Å². The van der Waals surface area contributed by atoms with Crippen LogP contribution < -0.4 is 11.1 Å². The molecule has 0 aromatic heterocycles. The summed E-state index contributed by atoms with van der Waals surface area (Å²) in [7, 11) is 0. The first kappa shape index (κ1) is 14.4. The van der Waals surface area contributed by atoms with E-state index in [2.05, 4.69) is 21.2 Å². The van der Waals surface area contributed by atoms with Crippen molar-refractivity contribution in [2.24, 2.45) is 0 Å². The Kier molecular flexibility index (Phi) is 4.18. The number of rotatable bonds is 2. The fraction of sp³-hybridized carbons (Fsp3) is 0. The quantitative estimate of drug-likeness (QED) is 0.701. The van der Waals surface area contributed by atoms with Crippen molar-refractivity contribution in [3.63, 3.8) is 0 Å². The summed E-state index contributed by atoms with van der Waals surface area (Å²) in [5.41, 5.74) is 5.90. The zero-order valence-corrected chi connectivity index (χ0v) is 12.4. The Morgan fingerprint density at radius 3 is 2.11 bits per heavy atom. The molecule has 0 saturated carbocycles. The minimum Gasteiger partial charge on any atom is -0.397 e. The number of nitrogens with one attached hydrogen (secondary N) is 1. The third-order valence-electron chi connectivity index (χ3n) is 2.36. The van der Waals surface area contributed by atoms with Gasteiger partial charge >= 0.3 is 0 Å². The number of benzene rings is 2. The second-order valence-corrected chi connectivity index (χ2v) is 5.45. The smallest absolute Gasteiger partial charge is 0.150 e. The van der Waals surface area contributed by atoms with E-state index in [4.69, 9.17) is 28.9 Å². The van der Waals surface area contributed by atoms with Gasteiger partial charge < -0.3 is 11.1 Å². The first-order chi connectivity index (χ1) is 8.88. The molecular formula is C12H7BrCl2F2N2. The van der Waals surface area contributed by atoms with E-state index >= 15 is 0 Å². The van der Waals surface area contributed by atoms with Gasteiger partial charge in [0.2, 0.25) is 0 Å². The van der Waals surface area contributed by atoms with Crippen LogP contribution in [0.5, 0.6) is 0 Å². The molecule has 0 spiro atoms. The monoisotopic (exact) mass is 366 g/mol. The molecule has 0 aliphatic rings. The summed E-state index contributed by atoms with van der Waals surface area (Å²) in [6.07, 6.45) is 0. The van der Waals surface area contributed by atoms with Crippen LogP contribution in [0.3, 0.4) is 0 Å². The van der Waals surface area contributed by atoms with Crippen molar-refractivity contribution >= 4 is 56.2 Å². The van der Waals surface area contributed by atoms with Crippen LogP contribution in [0.1, 0.15) is 0 Å². The van der Waals surface area contributed by atoms with Crippen molar-refractivity contribution in [3.8, 4) is 0 Å². The predicted octanol–water partition coefficient (Wildman–Crippen LogP) is 5.36. The molecule has 0 saturated heterocycles. The number of nitrogens with two attached hydrogens (primary N) is 1. The topological polar surface area (TPSA) is 38.0 Å². The maximum absolute atomic E-state index is 13.7. The molecule has 2 rings (SSSR count). The van der Waals surface area contributed by atoms with Gasteiger partial charge in [0.1, 0.15) is 5.69 Å². The fourth-order valence-electron chi connectivity index (χ4n) is 1.47. The summed E-state index contributed by atoms with van der Waals surface area (Å²) >= 11 is 14.6. The normalized spacial score (nSPS) is 10.6. The summed E-state index contributed by atoms with van der Waals surface area (Å²) in [6.45, 7) is 0. The predicted molar refractivity (Wildman–Crippen MR) is 78.2 cm³/mol. The highest BCUT2D eigenvalue weighted by Gasteiger charge is 2.13. The average molecular weight is 368 g/mol. The first-order valence-corrected chi connectivity index (χ1v) is 6.59. The largest absolute Gasteiger partial charge is 0.397 e.